The van der Waals surface area contributed by atoms with E-state index in [0.29, 0.717) is 16.5 Å². The average Bonchev–Trinajstić information content (AvgIpc) is 2.76. The Hall–Kier alpha value is -3.44. The maximum absolute atomic E-state index is 14.6. The summed E-state index contributed by atoms with van der Waals surface area (Å²) in [5, 5.41) is 0. The van der Waals surface area contributed by atoms with Gasteiger partial charge in [0.05, 0.1) is 13.2 Å². The highest BCUT2D eigenvalue weighted by Gasteiger charge is 2.37. The molecule has 1 atom stereocenters. The van der Waals surface area contributed by atoms with Gasteiger partial charge in [-0.3, -0.25) is 4.90 Å². The van der Waals surface area contributed by atoms with Gasteiger partial charge in [-0.25, -0.2) is 23.4 Å². The molecule has 0 radical (unpaired) electrons. The summed E-state index contributed by atoms with van der Waals surface area (Å²) in [6.45, 7) is 4.16. The Balaban J connectivity index is 1.96. The van der Waals surface area contributed by atoms with Gasteiger partial charge in [-0.15, -0.1) is 0 Å². The summed E-state index contributed by atoms with van der Waals surface area (Å²) in [7, 11) is 0. The van der Waals surface area contributed by atoms with Crippen molar-refractivity contribution in [2.75, 3.05) is 19.7 Å². The standard InChI is InChI=1S/C25H27F5N2O5/c1-5-35-22(33)20-11-18(16-8-6-14(26)10-19(16)27)17-9-7-15(36-21(17)31-20)12-32(13-25(28,29)30)23(34)37-24(2,3)4/h6,8,10-11,15H,5,7,9,12-13H2,1-4H3. The third kappa shape index (κ3) is 7.53. The van der Waals surface area contributed by atoms with Crippen LogP contribution in [0, 0.1) is 11.6 Å². The van der Waals surface area contributed by atoms with Gasteiger partial charge < -0.3 is 14.2 Å². The van der Waals surface area contributed by atoms with Crippen molar-refractivity contribution >= 4 is 12.1 Å². The van der Waals surface area contributed by atoms with Gasteiger partial charge in [-0.05, 0) is 64.3 Å². The molecule has 1 aliphatic heterocycles. The van der Waals surface area contributed by atoms with Gasteiger partial charge in [0.15, 0.2) is 5.69 Å². The van der Waals surface area contributed by atoms with E-state index < -0.39 is 54.7 Å². The third-order valence-corrected chi connectivity index (χ3v) is 5.23. The smallest absolute Gasteiger partial charge is 0.410 e. The lowest BCUT2D eigenvalue weighted by atomic mass is 9.94. The summed E-state index contributed by atoms with van der Waals surface area (Å²) < 4.78 is 83.6. The van der Waals surface area contributed by atoms with E-state index in [2.05, 4.69) is 4.98 Å². The number of benzene rings is 1. The molecule has 202 valence electrons. The van der Waals surface area contributed by atoms with Gasteiger partial charge in [0, 0.05) is 17.2 Å². The molecule has 37 heavy (non-hydrogen) atoms. The molecule has 1 unspecified atom stereocenters. The number of carbonyl (C=O) groups is 2. The van der Waals surface area contributed by atoms with Crippen LogP contribution in [0.1, 0.15) is 50.2 Å². The van der Waals surface area contributed by atoms with E-state index in [4.69, 9.17) is 14.2 Å². The molecule has 2 aromatic rings. The molecule has 0 aliphatic carbocycles. The molecular formula is C25H27F5N2O5. The Morgan fingerprint density at radius 1 is 1.14 bits per heavy atom. The Morgan fingerprint density at radius 2 is 1.84 bits per heavy atom. The zero-order valence-corrected chi connectivity index (χ0v) is 20.7. The number of hydrogen-bond donors (Lipinski definition) is 0. The summed E-state index contributed by atoms with van der Waals surface area (Å²) in [4.78, 5) is 29.5. The van der Waals surface area contributed by atoms with Crippen LogP contribution in [-0.2, 0) is 15.9 Å². The van der Waals surface area contributed by atoms with Crippen LogP contribution >= 0.6 is 0 Å². The van der Waals surface area contributed by atoms with Gasteiger partial charge in [0.1, 0.15) is 29.9 Å². The summed E-state index contributed by atoms with van der Waals surface area (Å²) in [5.74, 6) is -2.62. The fraction of sp³-hybridized carbons (Fsp3) is 0.480. The van der Waals surface area contributed by atoms with Gasteiger partial charge in [-0.2, -0.15) is 13.2 Å². The van der Waals surface area contributed by atoms with E-state index in [1.807, 2.05) is 0 Å². The van der Waals surface area contributed by atoms with Crippen LogP contribution in [0.4, 0.5) is 26.7 Å². The van der Waals surface area contributed by atoms with Gasteiger partial charge in [0.25, 0.3) is 0 Å². The second-order valence-electron chi connectivity index (χ2n) is 9.44. The molecule has 0 spiro atoms. The van der Waals surface area contributed by atoms with Crippen molar-refractivity contribution in [1.82, 2.24) is 9.88 Å². The minimum absolute atomic E-state index is 0.0138. The van der Waals surface area contributed by atoms with Gasteiger partial charge >= 0.3 is 18.2 Å². The Labute approximate surface area is 210 Å². The predicted octanol–water partition coefficient (Wildman–Crippen LogP) is 5.70. The van der Waals surface area contributed by atoms with Crippen LogP contribution in [0.5, 0.6) is 5.88 Å². The van der Waals surface area contributed by atoms with Crippen LogP contribution in [0.15, 0.2) is 24.3 Å². The van der Waals surface area contributed by atoms with E-state index in [1.54, 1.807) is 6.92 Å². The number of amides is 1. The first-order valence-corrected chi connectivity index (χ1v) is 11.5. The lowest BCUT2D eigenvalue weighted by Crippen LogP contribution is -2.47. The molecule has 1 aromatic carbocycles. The number of esters is 1. The first kappa shape index (κ1) is 28.1. The normalized spacial score (nSPS) is 15.4. The predicted molar refractivity (Wildman–Crippen MR) is 122 cm³/mol. The van der Waals surface area contributed by atoms with E-state index >= 15 is 0 Å². The Kier molecular flexibility index (Phi) is 8.28. The van der Waals surface area contributed by atoms with E-state index in [9.17, 15) is 31.5 Å². The number of nitrogens with zero attached hydrogens (tertiary/aromatic N) is 2. The second-order valence-corrected chi connectivity index (χ2v) is 9.44. The average molecular weight is 530 g/mol. The number of fused-ring (bicyclic) bond motifs is 1. The van der Waals surface area contributed by atoms with Crippen LogP contribution < -0.4 is 4.74 Å². The zero-order chi connectivity index (χ0) is 27.5. The molecule has 1 amide bonds. The summed E-state index contributed by atoms with van der Waals surface area (Å²) in [5.41, 5.74) is -0.664. The van der Waals surface area contributed by atoms with Crippen molar-refractivity contribution in [3.05, 3.63) is 47.2 Å². The molecule has 1 aliphatic rings. The van der Waals surface area contributed by atoms with Crippen molar-refractivity contribution in [3.63, 3.8) is 0 Å². The number of carbonyl (C=O) groups excluding carboxylic acids is 2. The molecule has 0 N–H and O–H groups in total. The van der Waals surface area contributed by atoms with Crippen LogP contribution in [-0.4, -0.2) is 59.5 Å². The summed E-state index contributed by atoms with van der Waals surface area (Å²) in [6, 6.07) is 4.24. The molecule has 3 rings (SSSR count). The number of halogens is 5. The number of alkyl halides is 3. The summed E-state index contributed by atoms with van der Waals surface area (Å²) in [6.07, 6.45) is -6.46. The maximum Gasteiger partial charge on any atom is 0.410 e. The fourth-order valence-electron chi connectivity index (χ4n) is 3.79. The first-order valence-electron chi connectivity index (χ1n) is 11.5. The van der Waals surface area contributed by atoms with Crippen LogP contribution in [0.2, 0.25) is 0 Å². The number of pyridine rings is 1. The molecule has 0 fully saturated rings. The number of hydrogen-bond acceptors (Lipinski definition) is 6. The van der Waals surface area contributed by atoms with Gasteiger partial charge in [0.2, 0.25) is 5.88 Å². The Bertz CT molecular complexity index is 1160. The lowest BCUT2D eigenvalue weighted by molar-refractivity contribution is -0.146. The number of aromatic nitrogens is 1. The first-order chi connectivity index (χ1) is 17.2. The topological polar surface area (TPSA) is 78.0 Å². The largest absolute Gasteiger partial charge is 0.472 e. The molecule has 7 nitrogen and oxygen atoms in total. The van der Waals surface area contributed by atoms with Crippen molar-refractivity contribution < 1.29 is 45.8 Å². The summed E-state index contributed by atoms with van der Waals surface area (Å²) >= 11 is 0. The van der Waals surface area contributed by atoms with Gasteiger partial charge in [-0.1, -0.05) is 0 Å². The van der Waals surface area contributed by atoms with Crippen LogP contribution in [0.25, 0.3) is 11.1 Å². The Morgan fingerprint density at radius 3 is 2.43 bits per heavy atom. The highest BCUT2D eigenvalue weighted by atomic mass is 19.4. The quantitative estimate of drug-likeness (QED) is 0.353. The molecule has 2 heterocycles. The van der Waals surface area contributed by atoms with Crippen molar-refractivity contribution in [1.29, 1.82) is 0 Å². The molecule has 12 heteroatoms. The van der Waals surface area contributed by atoms with Crippen LogP contribution in [0.3, 0.4) is 0 Å². The molecule has 0 saturated heterocycles. The minimum atomic E-state index is -4.69. The number of rotatable bonds is 6. The van der Waals surface area contributed by atoms with E-state index in [-0.39, 0.29) is 42.1 Å². The molecule has 0 saturated carbocycles. The third-order valence-electron chi connectivity index (χ3n) is 5.23. The lowest BCUT2D eigenvalue weighted by Gasteiger charge is -2.33. The molecule has 0 bridgehead atoms. The van der Waals surface area contributed by atoms with Crippen molar-refractivity contribution in [2.24, 2.45) is 0 Å². The van der Waals surface area contributed by atoms with E-state index in [1.165, 1.54) is 32.9 Å². The second kappa shape index (κ2) is 10.9. The highest BCUT2D eigenvalue weighted by molar-refractivity contribution is 5.90. The van der Waals surface area contributed by atoms with Crippen molar-refractivity contribution in [2.45, 2.75) is 58.4 Å². The van der Waals surface area contributed by atoms with Crippen molar-refractivity contribution in [3.8, 4) is 17.0 Å². The zero-order valence-electron chi connectivity index (χ0n) is 20.7. The highest BCUT2D eigenvalue weighted by Crippen LogP contribution is 2.37. The SMILES string of the molecule is CCOC(=O)c1cc(-c2ccc(F)cc2F)c2c(n1)OC(CN(CC(F)(F)F)C(=O)OC(C)(C)C)CC2. The van der Waals surface area contributed by atoms with E-state index in [0.717, 1.165) is 6.07 Å². The minimum Gasteiger partial charge on any atom is -0.472 e. The monoisotopic (exact) mass is 530 g/mol. The fourth-order valence-corrected chi connectivity index (χ4v) is 3.79. The molecular weight excluding hydrogens is 503 g/mol. The number of ether oxygens (including phenoxy) is 3. The maximum atomic E-state index is 14.6. The molecule has 1 aromatic heterocycles.